The smallest absolute Gasteiger partial charge is 0.491 e. The maximum absolute atomic E-state index is 11.9. The van der Waals surface area contributed by atoms with E-state index in [0.717, 1.165) is 5.46 Å². The first-order valence-electron chi connectivity index (χ1n) is 12.0. The fourth-order valence-corrected chi connectivity index (χ4v) is 4.06. The van der Waals surface area contributed by atoms with E-state index in [4.69, 9.17) is 37.7 Å². The second-order valence-electron chi connectivity index (χ2n) is 9.97. The number of hydrogen-bond acceptors (Lipinski definition) is 11. The Balaban J connectivity index is 1.76. The number of esters is 3. The summed E-state index contributed by atoms with van der Waals surface area (Å²) in [5.74, 6) is -1.44. The Morgan fingerprint density at radius 2 is 1.30 bits per heavy atom. The van der Waals surface area contributed by atoms with E-state index < -0.39 is 66.9 Å². The van der Waals surface area contributed by atoms with Crippen LogP contribution in [0.5, 0.6) is 5.75 Å². The van der Waals surface area contributed by atoms with E-state index in [0.29, 0.717) is 5.75 Å². The SMILES string of the molecule is CO[C@H]1O[C@H](COc2ccc(B3OC(C)(C)C(C)(C)O3)cc2)[C@@H](OC(C)=O)[C@H](OC(C)=O)[C@@H]1OC(C)=O. The van der Waals surface area contributed by atoms with Crippen LogP contribution in [0.25, 0.3) is 0 Å². The molecule has 0 spiro atoms. The van der Waals surface area contributed by atoms with E-state index in [1.807, 2.05) is 39.8 Å². The molecule has 12 heteroatoms. The van der Waals surface area contributed by atoms with Crippen molar-refractivity contribution in [3.63, 3.8) is 0 Å². The number of methoxy groups -OCH3 is 1. The first-order chi connectivity index (χ1) is 17.2. The van der Waals surface area contributed by atoms with Crippen LogP contribution in [-0.2, 0) is 47.4 Å². The van der Waals surface area contributed by atoms with Crippen LogP contribution in [0, 0.1) is 0 Å². The molecule has 0 bridgehead atoms. The van der Waals surface area contributed by atoms with Gasteiger partial charge in [-0.05, 0) is 45.3 Å². The molecule has 11 nitrogen and oxygen atoms in total. The second kappa shape index (κ2) is 11.4. The fraction of sp³-hybridized carbons (Fsp3) is 0.640. The summed E-state index contributed by atoms with van der Waals surface area (Å²) >= 11 is 0. The lowest BCUT2D eigenvalue weighted by Crippen LogP contribution is -2.62. The molecule has 0 radical (unpaired) electrons. The highest BCUT2D eigenvalue weighted by Crippen LogP contribution is 2.36. The first-order valence-corrected chi connectivity index (χ1v) is 12.0. The summed E-state index contributed by atoms with van der Waals surface area (Å²) < 4.78 is 45.5. The fourth-order valence-electron chi connectivity index (χ4n) is 4.06. The average molecular weight is 522 g/mol. The molecule has 5 atom stereocenters. The van der Waals surface area contributed by atoms with Gasteiger partial charge in [-0.25, -0.2) is 0 Å². The highest BCUT2D eigenvalue weighted by atomic mass is 16.7. The van der Waals surface area contributed by atoms with Crippen molar-refractivity contribution in [2.75, 3.05) is 13.7 Å². The summed E-state index contributed by atoms with van der Waals surface area (Å²) in [5, 5.41) is 0. The Bertz CT molecular complexity index is 961. The van der Waals surface area contributed by atoms with E-state index in [2.05, 4.69) is 0 Å². The van der Waals surface area contributed by atoms with Gasteiger partial charge in [0.25, 0.3) is 0 Å². The van der Waals surface area contributed by atoms with Gasteiger partial charge in [0.2, 0.25) is 0 Å². The Kier molecular flexibility index (Phi) is 8.89. The predicted octanol–water partition coefficient (Wildman–Crippen LogP) is 1.53. The minimum absolute atomic E-state index is 0.0851. The van der Waals surface area contributed by atoms with Crippen molar-refractivity contribution < 1.29 is 52.1 Å². The maximum atomic E-state index is 11.9. The van der Waals surface area contributed by atoms with Crippen LogP contribution in [-0.4, -0.2) is 80.7 Å². The van der Waals surface area contributed by atoms with Crippen LogP contribution in [0.4, 0.5) is 0 Å². The number of carbonyl (C=O) groups excluding carboxylic acids is 3. The van der Waals surface area contributed by atoms with Gasteiger partial charge in [0.1, 0.15) is 18.5 Å². The van der Waals surface area contributed by atoms with E-state index in [-0.39, 0.29) is 6.61 Å². The lowest BCUT2D eigenvalue weighted by molar-refractivity contribution is -0.301. The van der Waals surface area contributed by atoms with Crippen LogP contribution in [0.1, 0.15) is 48.5 Å². The van der Waals surface area contributed by atoms with Gasteiger partial charge in [-0.1, -0.05) is 12.1 Å². The van der Waals surface area contributed by atoms with Crippen molar-refractivity contribution in [1.29, 1.82) is 0 Å². The van der Waals surface area contributed by atoms with E-state index >= 15 is 0 Å². The van der Waals surface area contributed by atoms with Gasteiger partial charge < -0.3 is 37.7 Å². The van der Waals surface area contributed by atoms with Crippen LogP contribution in [0.15, 0.2) is 24.3 Å². The molecule has 0 saturated carbocycles. The predicted molar refractivity (Wildman–Crippen MR) is 130 cm³/mol. The number of ether oxygens (including phenoxy) is 6. The van der Waals surface area contributed by atoms with Crippen LogP contribution < -0.4 is 10.2 Å². The minimum Gasteiger partial charge on any atom is -0.491 e. The van der Waals surface area contributed by atoms with Crippen molar-refractivity contribution in [2.45, 2.75) is 90.4 Å². The molecule has 1 aromatic rings. The van der Waals surface area contributed by atoms with Gasteiger partial charge in [0.05, 0.1) is 11.2 Å². The molecule has 0 N–H and O–H groups in total. The van der Waals surface area contributed by atoms with E-state index in [1.54, 1.807) is 12.1 Å². The Morgan fingerprint density at radius 3 is 1.78 bits per heavy atom. The summed E-state index contributed by atoms with van der Waals surface area (Å²) in [7, 11) is 0.837. The monoisotopic (exact) mass is 522 g/mol. The zero-order valence-electron chi connectivity index (χ0n) is 22.5. The third kappa shape index (κ3) is 6.81. The molecule has 2 aliphatic rings. The molecular weight excluding hydrogens is 487 g/mol. The Labute approximate surface area is 217 Å². The minimum atomic E-state index is -1.18. The summed E-state index contributed by atoms with van der Waals surface area (Å²) in [5.41, 5.74) is -0.0923. The highest BCUT2D eigenvalue weighted by molar-refractivity contribution is 6.62. The van der Waals surface area contributed by atoms with Gasteiger partial charge in [-0.3, -0.25) is 14.4 Å². The largest absolute Gasteiger partial charge is 0.494 e. The van der Waals surface area contributed by atoms with Gasteiger partial charge >= 0.3 is 25.0 Å². The Morgan fingerprint density at radius 1 is 0.811 bits per heavy atom. The normalized spacial score (nSPS) is 28.3. The first kappa shape index (κ1) is 28.9. The van der Waals surface area contributed by atoms with Crippen molar-refractivity contribution in [1.82, 2.24) is 0 Å². The third-order valence-corrected chi connectivity index (χ3v) is 6.55. The summed E-state index contributed by atoms with van der Waals surface area (Å²) in [4.78, 5) is 35.4. The molecule has 37 heavy (non-hydrogen) atoms. The third-order valence-electron chi connectivity index (χ3n) is 6.55. The van der Waals surface area contributed by atoms with Crippen LogP contribution >= 0.6 is 0 Å². The number of rotatable bonds is 8. The second-order valence-corrected chi connectivity index (χ2v) is 9.97. The number of benzene rings is 1. The molecule has 0 unspecified atom stereocenters. The van der Waals surface area contributed by atoms with Crippen molar-refractivity contribution >= 4 is 30.5 Å². The standard InChI is InChI=1S/C25H35BO11/c1-14(27)32-20-19(35-23(30-8)22(34-16(3)29)21(20)33-15(2)28)13-31-18-11-9-17(10-12-18)26-36-24(4,5)25(6,7)37-26/h9-12,19-23H,13H2,1-8H3/t19-,20-,21+,22+,23+/m1/s1. The lowest BCUT2D eigenvalue weighted by atomic mass is 9.79. The van der Waals surface area contributed by atoms with Gasteiger partial charge in [0, 0.05) is 27.9 Å². The molecular formula is C25H35BO11. The number of carbonyl (C=O) groups is 3. The molecule has 3 rings (SSSR count). The molecule has 1 aromatic carbocycles. The molecule has 204 valence electrons. The average Bonchev–Trinajstić information content (AvgIpc) is 3.01. The van der Waals surface area contributed by atoms with E-state index in [1.165, 1.54) is 27.9 Å². The van der Waals surface area contributed by atoms with Crippen molar-refractivity contribution in [3.8, 4) is 5.75 Å². The van der Waals surface area contributed by atoms with Gasteiger partial charge in [-0.15, -0.1) is 0 Å². The lowest BCUT2D eigenvalue weighted by Gasteiger charge is -2.43. The van der Waals surface area contributed by atoms with Crippen molar-refractivity contribution in [2.24, 2.45) is 0 Å². The Hall–Kier alpha value is -2.67. The summed E-state index contributed by atoms with van der Waals surface area (Å²) in [6.45, 7) is 11.4. The highest BCUT2D eigenvalue weighted by Gasteiger charge is 2.53. The number of hydrogen-bond donors (Lipinski definition) is 0. The zero-order valence-corrected chi connectivity index (χ0v) is 22.5. The van der Waals surface area contributed by atoms with Crippen LogP contribution in [0.2, 0.25) is 0 Å². The molecule has 2 saturated heterocycles. The molecule has 2 fully saturated rings. The maximum Gasteiger partial charge on any atom is 0.494 e. The molecule has 2 aliphatic heterocycles. The van der Waals surface area contributed by atoms with Crippen LogP contribution in [0.3, 0.4) is 0 Å². The quantitative estimate of drug-likeness (QED) is 0.280. The zero-order chi connectivity index (χ0) is 27.5. The van der Waals surface area contributed by atoms with Crippen molar-refractivity contribution in [3.05, 3.63) is 24.3 Å². The van der Waals surface area contributed by atoms with Gasteiger partial charge in [-0.2, -0.15) is 0 Å². The molecule has 0 amide bonds. The van der Waals surface area contributed by atoms with E-state index in [9.17, 15) is 14.4 Å². The summed E-state index contributed by atoms with van der Waals surface area (Å²) in [6, 6.07) is 7.17. The molecule has 0 aliphatic carbocycles. The van der Waals surface area contributed by atoms with Gasteiger partial charge in [0.15, 0.2) is 24.6 Å². The molecule has 2 heterocycles. The molecule has 0 aromatic heterocycles. The summed E-state index contributed by atoms with van der Waals surface area (Å²) in [6.07, 6.45) is -5.47. The topological polar surface area (TPSA) is 125 Å².